The van der Waals surface area contributed by atoms with Crippen LogP contribution in [-0.2, 0) is 4.79 Å². The standard InChI is InChI=1S/C11H10FNOS2/c1-7-6-8(2-3-9(7)12)13-10(14)4-5-16-11(13)15/h2-3,6H,4-5H2,1H3. The normalized spacial score (nSPS) is 16.8. The highest BCUT2D eigenvalue weighted by Crippen LogP contribution is 2.27. The van der Waals surface area contributed by atoms with Gasteiger partial charge < -0.3 is 0 Å². The molecular formula is C11H10FNOS2. The molecule has 0 unspecified atom stereocenters. The number of amides is 1. The SMILES string of the molecule is Cc1cc(N2C(=O)CCSC2=S)ccc1F. The number of rotatable bonds is 1. The Morgan fingerprint density at radius 3 is 2.88 bits per heavy atom. The van der Waals surface area contributed by atoms with Crippen LogP contribution in [-0.4, -0.2) is 16.0 Å². The van der Waals surface area contributed by atoms with E-state index in [0.717, 1.165) is 5.75 Å². The van der Waals surface area contributed by atoms with Crippen molar-refractivity contribution in [1.29, 1.82) is 0 Å². The number of thiocarbonyl (C=S) groups is 1. The summed E-state index contributed by atoms with van der Waals surface area (Å²) in [6.07, 6.45) is 0.473. The zero-order valence-electron chi connectivity index (χ0n) is 8.70. The van der Waals surface area contributed by atoms with E-state index < -0.39 is 0 Å². The van der Waals surface area contributed by atoms with Crippen LogP contribution in [0.1, 0.15) is 12.0 Å². The number of aryl methyl sites for hydroxylation is 1. The number of hydrogen-bond donors (Lipinski definition) is 0. The van der Waals surface area contributed by atoms with E-state index in [1.165, 1.54) is 22.7 Å². The third kappa shape index (κ3) is 2.10. The number of halogens is 1. The molecule has 1 aromatic rings. The van der Waals surface area contributed by atoms with Crippen molar-refractivity contribution in [2.24, 2.45) is 0 Å². The predicted molar refractivity (Wildman–Crippen MR) is 68.3 cm³/mol. The number of benzene rings is 1. The largest absolute Gasteiger partial charge is 0.274 e. The van der Waals surface area contributed by atoms with Gasteiger partial charge in [0.15, 0.2) is 0 Å². The van der Waals surface area contributed by atoms with Crippen LogP contribution in [0.4, 0.5) is 10.1 Å². The third-order valence-corrected chi connectivity index (χ3v) is 3.75. The summed E-state index contributed by atoms with van der Waals surface area (Å²) in [6.45, 7) is 1.67. The molecule has 1 saturated heterocycles. The van der Waals surface area contributed by atoms with Crippen LogP contribution in [0.15, 0.2) is 18.2 Å². The van der Waals surface area contributed by atoms with Crippen molar-refractivity contribution in [2.45, 2.75) is 13.3 Å². The lowest BCUT2D eigenvalue weighted by Gasteiger charge is -2.27. The second kappa shape index (κ2) is 4.51. The second-order valence-electron chi connectivity index (χ2n) is 3.53. The smallest absolute Gasteiger partial charge is 0.233 e. The van der Waals surface area contributed by atoms with Crippen LogP contribution >= 0.6 is 24.0 Å². The first-order valence-electron chi connectivity index (χ1n) is 4.85. The average molecular weight is 255 g/mol. The van der Waals surface area contributed by atoms with E-state index in [4.69, 9.17) is 12.2 Å². The molecule has 1 aliphatic heterocycles. The Labute approximate surface area is 103 Å². The molecule has 0 saturated carbocycles. The van der Waals surface area contributed by atoms with Crippen LogP contribution in [0.5, 0.6) is 0 Å². The van der Waals surface area contributed by atoms with Crippen molar-refractivity contribution in [3.8, 4) is 0 Å². The maximum Gasteiger partial charge on any atom is 0.233 e. The number of nitrogens with zero attached hydrogens (tertiary/aromatic N) is 1. The van der Waals surface area contributed by atoms with E-state index in [-0.39, 0.29) is 11.7 Å². The van der Waals surface area contributed by atoms with Crippen molar-refractivity contribution in [3.05, 3.63) is 29.6 Å². The van der Waals surface area contributed by atoms with E-state index >= 15 is 0 Å². The van der Waals surface area contributed by atoms with Gasteiger partial charge in [-0.3, -0.25) is 9.69 Å². The van der Waals surface area contributed by atoms with Gasteiger partial charge in [-0.15, -0.1) is 0 Å². The highest BCUT2D eigenvalue weighted by atomic mass is 32.2. The van der Waals surface area contributed by atoms with Gasteiger partial charge in [0.05, 0.1) is 5.69 Å². The summed E-state index contributed by atoms with van der Waals surface area (Å²) in [4.78, 5) is 13.2. The van der Waals surface area contributed by atoms with Gasteiger partial charge in [-0.2, -0.15) is 0 Å². The van der Waals surface area contributed by atoms with E-state index in [1.807, 2.05) is 0 Å². The monoisotopic (exact) mass is 255 g/mol. The topological polar surface area (TPSA) is 20.3 Å². The third-order valence-electron chi connectivity index (χ3n) is 2.37. The fourth-order valence-corrected chi connectivity index (χ4v) is 2.77. The molecule has 16 heavy (non-hydrogen) atoms. The van der Waals surface area contributed by atoms with E-state index in [1.54, 1.807) is 19.1 Å². The first kappa shape index (κ1) is 11.5. The summed E-state index contributed by atoms with van der Waals surface area (Å²) in [5.74, 6) is 0.440. The molecular weight excluding hydrogens is 245 g/mol. The summed E-state index contributed by atoms with van der Waals surface area (Å²) < 4.78 is 13.7. The quantitative estimate of drug-likeness (QED) is 0.720. The summed E-state index contributed by atoms with van der Waals surface area (Å²) in [5, 5.41) is 0. The van der Waals surface area contributed by atoms with Gasteiger partial charge in [-0.25, -0.2) is 4.39 Å². The Balaban J connectivity index is 2.38. The lowest BCUT2D eigenvalue weighted by molar-refractivity contribution is -0.117. The number of carbonyl (C=O) groups excluding carboxylic acids is 1. The molecule has 1 heterocycles. The Morgan fingerprint density at radius 1 is 1.50 bits per heavy atom. The Bertz CT molecular complexity index is 445. The van der Waals surface area contributed by atoms with Crippen molar-refractivity contribution >= 4 is 39.9 Å². The number of anilines is 1. The molecule has 0 spiro atoms. The number of thioether (sulfide) groups is 1. The maximum atomic E-state index is 13.1. The Kier molecular flexibility index (Phi) is 3.25. The first-order valence-corrected chi connectivity index (χ1v) is 6.25. The minimum absolute atomic E-state index is 0.0187. The van der Waals surface area contributed by atoms with Crippen LogP contribution < -0.4 is 4.90 Å². The molecule has 0 radical (unpaired) electrons. The zero-order chi connectivity index (χ0) is 11.7. The summed E-state index contributed by atoms with van der Waals surface area (Å²) >= 11 is 6.61. The van der Waals surface area contributed by atoms with Crippen LogP contribution in [0, 0.1) is 12.7 Å². The van der Waals surface area contributed by atoms with Gasteiger partial charge in [0.2, 0.25) is 5.91 Å². The van der Waals surface area contributed by atoms with Crippen molar-refractivity contribution < 1.29 is 9.18 Å². The van der Waals surface area contributed by atoms with Crippen molar-refractivity contribution in [3.63, 3.8) is 0 Å². The zero-order valence-corrected chi connectivity index (χ0v) is 10.3. The molecule has 2 nitrogen and oxygen atoms in total. The molecule has 1 amide bonds. The fourth-order valence-electron chi connectivity index (χ4n) is 1.52. The summed E-state index contributed by atoms with van der Waals surface area (Å²) in [6, 6.07) is 4.59. The summed E-state index contributed by atoms with van der Waals surface area (Å²) in [5.41, 5.74) is 1.17. The van der Waals surface area contributed by atoms with Gasteiger partial charge in [0.1, 0.15) is 10.1 Å². The molecule has 2 rings (SSSR count). The van der Waals surface area contributed by atoms with Crippen LogP contribution in [0.2, 0.25) is 0 Å². The van der Waals surface area contributed by atoms with Gasteiger partial charge in [0.25, 0.3) is 0 Å². The highest BCUT2D eigenvalue weighted by Gasteiger charge is 2.25. The minimum atomic E-state index is -0.272. The molecule has 84 valence electrons. The minimum Gasteiger partial charge on any atom is -0.274 e. The van der Waals surface area contributed by atoms with Crippen LogP contribution in [0.25, 0.3) is 0 Å². The molecule has 0 aromatic heterocycles. The van der Waals surface area contributed by atoms with Gasteiger partial charge in [-0.05, 0) is 30.7 Å². The van der Waals surface area contributed by atoms with Gasteiger partial charge in [0, 0.05) is 12.2 Å². The second-order valence-corrected chi connectivity index (χ2v) is 5.26. The molecule has 5 heteroatoms. The molecule has 0 bridgehead atoms. The van der Waals surface area contributed by atoms with Gasteiger partial charge in [-0.1, -0.05) is 24.0 Å². The van der Waals surface area contributed by atoms with E-state index in [0.29, 0.717) is 22.0 Å². The molecule has 1 aliphatic rings. The van der Waals surface area contributed by atoms with Gasteiger partial charge >= 0.3 is 0 Å². The van der Waals surface area contributed by atoms with E-state index in [2.05, 4.69) is 0 Å². The Morgan fingerprint density at radius 2 is 2.25 bits per heavy atom. The molecule has 0 N–H and O–H groups in total. The highest BCUT2D eigenvalue weighted by molar-refractivity contribution is 8.23. The number of hydrogen-bond acceptors (Lipinski definition) is 3. The first-order chi connectivity index (χ1) is 7.59. The van der Waals surface area contributed by atoms with E-state index in [9.17, 15) is 9.18 Å². The van der Waals surface area contributed by atoms with Crippen LogP contribution in [0.3, 0.4) is 0 Å². The molecule has 1 aromatic carbocycles. The summed E-state index contributed by atoms with van der Waals surface area (Å²) in [7, 11) is 0. The molecule has 0 atom stereocenters. The van der Waals surface area contributed by atoms with Crippen molar-refractivity contribution in [1.82, 2.24) is 0 Å². The fraction of sp³-hybridized carbons (Fsp3) is 0.273. The molecule has 1 fully saturated rings. The maximum absolute atomic E-state index is 13.1. The lowest BCUT2D eigenvalue weighted by atomic mass is 10.2. The Hall–Kier alpha value is -0.940. The average Bonchev–Trinajstić information content (AvgIpc) is 2.23. The van der Waals surface area contributed by atoms with Crippen molar-refractivity contribution in [2.75, 3.05) is 10.7 Å². The molecule has 0 aliphatic carbocycles. The predicted octanol–water partition coefficient (Wildman–Crippen LogP) is 2.89. The number of carbonyl (C=O) groups is 1. The lowest BCUT2D eigenvalue weighted by Crippen LogP contribution is -2.38.